The molecule has 4 atom stereocenters. The first-order valence-electron chi connectivity index (χ1n) is 8.61. The van der Waals surface area contributed by atoms with Crippen molar-refractivity contribution in [1.82, 2.24) is 10.2 Å². The maximum atomic E-state index is 12.5. The molecule has 1 saturated heterocycles. The molecular formula is C16H21N3O9S. The molecule has 0 aliphatic carbocycles. The molecular weight excluding hydrogens is 410 g/mol. The molecule has 0 bridgehead atoms. The lowest BCUT2D eigenvalue weighted by atomic mass is 10.0. The molecule has 2 aliphatic rings. The van der Waals surface area contributed by atoms with E-state index in [0.717, 1.165) is 11.8 Å². The number of β-lactam (4-membered cyclic amide) rings is 1. The monoisotopic (exact) mass is 431 g/mol. The second kappa shape index (κ2) is 9.13. The van der Waals surface area contributed by atoms with Crippen molar-refractivity contribution in [2.75, 3.05) is 12.4 Å². The van der Waals surface area contributed by atoms with E-state index in [9.17, 15) is 33.3 Å². The van der Waals surface area contributed by atoms with Gasteiger partial charge in [0, 0.05) is 18.9 Å². The lowest BCUT2D eigenvalue weighted by Crippen LogP contribution is -2.73. The maximum Gasteiger partial charge on any atom is 0.352 e. The third-order valence-electron chi connectivity index (χ3n) is 4.41. The van der Waals surface area contributed by atoms with Crippen LogP contribution < -0.4 is 11.1 Å². The first kappa shape index (κ1) is 22.5. The minimum atomic E-state index is -1.72. The van der Waals surface area contributed by atoms with Gasteiger partial charge in [-0.1, -0.05) is 0 Å². The highest BCUT2D eigenvalue weighted by Gasteiger charge is 2.57. The van der Waals surface area contributed by atoms with Gasteiger partial charge in [0.25, 0.3) is 5.91 Å². The number of esters is 1. The molecule has 1 fully saturated rings. The van der Waals surface area contributed by atoms with E-state index in [-0.39, 0.29) is 30.6 Å². The van der Waals surface area contributed by atoms with Gasteiger partial charge in [-0.05, 0) is 12.8 Å². The lowest BCUT2D eigenvalue weighted by molar-refractivity contribution is -0.151. The van der Waals surface area contributed by atoms with Gasteiger partial charge in [0.2, 0.25) is 5.91 Å². The molecule has 12 nitrogen and oxygen atoms in total. The van der Waals surface area contributed by atoms with Crippen molar-refractivity contribution in [3.05, 3.63) is 11.3 Å². The van der Waals surface area contributed by atoms with E-state index in [4.69, 9.17) is 15.6 Å². The van der Waals surface area contributed by atoms with Crippen LogP contribution in [0.1, 0.15) is 26.2 Å². The average molecular weight is 431 g/mol. The van der Waals surface area contributed by atoms with Gasteiger partial charge < -0.3 is 26.0 Å². The quantitative estimate of drug-likeness (QED) is 0.232. The highest BCUT2D eigenvalue weighted by molar-refractivity contribution is 7.86. The number of hydrogen-bond acceptors (Lipinski definition) is 8. The number of amides is 2. The zero-order chi connectivity index (χ0) is 21.9. The highest BCUT2D eigenvalue weighted by atomic mass is 32.2. The van der Waals surface area contributed by atoms with Crippen LogP contribution in [0.2, 0.25) is 0 Å². The molecule has 160 valence electrons. The van der Waals surface area contributed by atoms with Crippen LogP contribution in [0.15, 0.2) is 11.3 Å². The van der Waals surface area contributed by atoms with Crippen molar-refractivity contribution in [2.45, 2.75) is 43.6 Å². The van der Waals surface area contributed by atoms with Crippen molar-refractivity contribution in [3.8, 4) is 0 Å². The van der Waals surface area contributed by atoms with Crippen molar-refractivity contribution in [2.24, 2.45) is 5.73 Å². The van der Waals surface area contributed by atoms with Crippen LogP contribution in [0.25, 0.3) is 0 Å². The molecule has 0 aromatic carbocycles. The standard InChI is InChI=1S/C16H21N3O9S/c1-7(20)28-5-8-6-29(27)14-11(13(22)19(14)12(8)16(25)26)18-10(21)4-2-3-9(17)15(23)24/h9,11,14H,2-6,17H2,1H3,(H,18,21)(H,23,24)(H,25,26)/t9?,11-,14-,29?/m1/s1. The van der Waals surface area contributed by atoms with Gasteiger partial charge in [0.1, 0.15) is 29.8 Å². The fraction of sp³-hybridized carbons (Fsp3) is 0.562. The fourth-order valence-corrected chi connectivity index (χ4v) is 4.67. The van der Waals surface area contributed by atoms with Crippen LogP contribution in [-0.2, 0) is 39.5 Å². The number of carbonyl (C=O) groups excluding carboxylic acids is 3. The summed E-state index contributed by atoms with van der Waals surface area (Å²) >= 11 is 0. The van der Waals surface area contributed by atoms with Crippen LogP contribution in [0.5, 0.6) is 0 Å². The second-order valence-electron chi connectivity index (χ2n) is 6.54. The largest absolute Gasteiger partial charge is 0.480 e. The van der Waals surface area contributed by atoms with Gasteiger partial charge in [-0.3, -0.25) is 28.3 Å². The number of carbonyl (C=O) groups is 5. The summed E-state index contributed by atoms with van der Waals surface area (Å²) in [7, 11) is -1.72. The predicted molar refractivity (Wildman–Crippen MR) is 96.3 cm³/mol. The minimum absolute atomic E-state index is 0.0445. The average Bonchev–Trinajstić information content (AvgIpc) is 2.63. The molecule has 2 aliphatic heterocycles. The lowest BCUT2D eigenvalue weighted by Gasteiger charge is -2.49. The van der Waals surface area contributed by atoms with Gasteiger partial charge in [0.15, 0.2) is 0 Å². The number of carboxylic acids is 2. The molecule has 0 radical (unpaired) electrons. The van der Waals surface area contributed by atoms with Gasteiger partial charge in [0.05, 0.1) is 16.6 Å². The van der Waals surface area contributed by atoms with Crippen molar-refractivity contribution in [1.29, 1.82) is 0 Å². The number of fused-ring (bicyclic) bond motifs is 1. The summed E-state index contributed by atoms with van der Waals surface area (Å²) in [6.07, 6.45) is 0.141. The number of nitrogens with two attached hydrogens (primary N) is 1. The number of rotatable bonds is 9. The smallest absolute Gasteiger partial charge is 0.352 e. The molecule has 13 heteroatoms. The van der Waals surface area contributed by atoms with E-state index in [1.165, 1.54) is 0 Å². The molecule has 0 saturated carbocycles. The molecule has 2 amide bonds. The van der Waals surface area contributed by atoms with Gasteiger partial charge in [-0.2, -0.15) is 0 Å². The van der Waals surface area contributed by atoms with Crippen molar-refractivity contribution < 1.29 is 43.1 Å². The number of nitrogens with one attached hydrogen (secondary N) is 1. The third kappa shape index (κ3) is 4.98. The zero-order valence-electron chi connectivity index (χ0n) is 15.5. The summed E-state index contributed by atoms with van der Waals surface area (Å²) in [5.74, 6) is -4.80. The summed E-state index contributed by atoms with van der Waals surface area (Å²) in [5.41, 5.74) is 4.99. The van der Waals surface area contributed by atoms with Crippen molar-refractivity contribution in [3.63, 3.8) is 0 Å². The highest BCUT2D eigenvalue weighted by Crippen LogP contribution is 2.35. The third-order valence-corrected chi connectivity index (χ3v) is 6.06. The molecule has 0 aromatic heterocycles. The summed E-state index contributed by atoms with van der Waals surface area (Å²) in [4.78, 5) is 58.5. The Kier molecular flexibility index (Phi) is 7.08. The normalized spacial score (nSPS) is 24.3. The Bertz CT molecular complexity index is 809. The summed E-state index contributed by atoms with van der Waals surface area (Å²) in [5, 5.41) is 19.5. The van der Waals surface area contributed by atoms with Gasteiger partial charge in [-0.25, -0.2) is 4.79 Å². The van der Waals surface area contributed by atoms with E-state index in [1.807, 2.05) is 0 Å². The number of aliphatic carboxylic acids is 2. The van der Waals surface area contributed by atoms with E-state index in [1.54, 1.807) is 0 Å². The van der Waals surface area contributed by atoms with Gasteiger partial charge in [-0.15, -0.1) is 0 Å². The first-order chi connectivity index (χ1) is 13.5. The summed E-state index contributed by atoms with van der Waals surface area (Å²) in [6.45, 7) is 0.730. The van der Waals surface area contributed by atoms with Crippen LogP contribution in [0.3, 0.4) is 0 Å². The molecule has 5 N–H and O–H groups in total. The Hall–Kier alpha value is -2.80. The van der Waals surface area contributed by atoms with Crippen molar-refractivity contribution >= 4 is 40.5 Å². The zero-order valence-corrected chi connectivity index (χ0v) is 16.3. The number of hydrogen-bond donors (Lipinski definition) is 4. The summed E-state index contributed by atoms with van der Waals surface area (Å²) in [6, 6.07) is -2.26. The van der Waals surface area contributed by atoms with Crippen LogP contribution in [-0.4, -0.2) is 78.9 Å². The first-order valence-corrected chi connectivity index (χ1v) is 9.99. The Morgan fingerprint density at radius 3 is 2.55 bits per heavy atom. The topological polar surface area (TPSA) is 193 Å². The Balaban J connectivity index is 2.04. The van der Waals surface area contributed by atoms with Gasteiger partial charge >= 0.3 is 17.9 Å². The molecule has 0 spiro atoms. The Morgan fingerprint density at radius 1 is 1.34 bits per heavy atom. The summed E-state index contributed by atoms with van der Waals surface area (Å²) < 4.78 is 17.3. The second-order valence-corrected chi connectivity index (χ2v) is 8.08. The van der Waals surface area contributed by atoms with Crippen LogP contribution >= 0.6 is 0 Å². The number of nitrogens with zero attached hydrogens (tertiary/aromatic N) is 1. The number of ether oxygens (including phenoxy) is 1. The molecule has 29 heavy (non-hydrogen) atoms. The Morgan fingerprint density at radius 2 is 2.00 bits per heavy atom. The van der Waals surface area contributed by atoms with E-state index in [2.05, 4.69) is 5.32 Å². The van der Waals surface area contributed by atoms with E-state index >= 15 is 0 Å². The van der Waals surface area contributed by atoms with E-state index < -0.39 is 70.3 Å². The van der Waals surface area contributed by atoms with Crippen LogP contribution in [0, 0.1) is 0 Å². The molecule has 2 rings (SSSR count). The SMILES string of the molecule is CC(=O)OCC1=C(C(=O)O)N2C(=O)[C@@H](NC(=O)CCCC(N)C(=O)O)[C@H]2S(=O)C1. The fourth-order valence-electron chi connectivity index (χ4n) is 3.00. The predicted octanol–water partition coefficient (Wildman–Crippen LogP) is -2.11. The maximum absolute atomic E-state index is 12.5. The minimum Gasteiger partial charge on any atom is -0.480 e. The molecule has 2 unspecified atom stereocenters. The van der Waals surface area contributed by atoms with E-state index in [0.29, 0.717) is 0 Å². The molecule has 0 aromatic rings. The molecule has 2 heterocycles. The number of carboxylic acid groups (broad SMARTS) is 2. The Labute approximate surface area is 167 Å². The van der Waals surface area contributed by atoms with Crippen LogP contribution in [0.4, 0.5) is 0 Å².